The maximum atomic E-state index is 13.0. The van der Waals surface area contributed by atoms with Gasteiger partial charge in [-0.25, -0.2) is 13.8 Å². The van der Waals surface area contributed by atoms with Gasteiger partial charge in [-0.1, -0.05) is 0 Å². The maximum absolute atomic E-state index is 13.0. The Kier molecular flexibility index (Phi) is 4.04. The van der Waals surface area contributed by atoms with Crippen molar-refractivity contribution in [3.8, 4) is 0 Å². The van der Waals surface area contributed by atoms with Gasteiger partial charge in [-0.15, -0.1) is 11.3 Å². The first-order valence-corrected chi connectivity index (χ1v) is 6.25. The Labute approximate surface area is 115 Å². The topological polar surface area (TPSA) is 79.3 Å². The Hall–Kier alpha value is -2.35. The van der Waals surface area contributed by atoms with E-state index in [1.807, 2.05) is 0 Å². The molecule has 0 bridgehead atoms. The summed E-state index contributed by atoms with van der Waals surface area (Å²) in [4.78, 5) is 26.1. The molecule has 0 aliphatic rings. The number of carbonyl (C=O) groups is 2. The summed E-state index contributed by atoms with van der Waals surface area (Å²) in [6, 6.07) is 2.44. The number of nitrogens with one attached hydrogen (secondary N) is 1. The van der Waals surface area contributed by atoms with Crippen LogP contribution in [0.15, 0.2) is 23.6 Å². The monoisotopic (exact) mass is 298 g/mol. The molecule has 0 fully saturated rings. The van der Waals surface area contributed by atoms with Gasteiger partial charge in [-0.2, -0.15) is 0 Å². The predicted molar refractivity (Wildman–Crippen MR) is 67.8 cm³/mol. The maximum Gasteiger partial charge on any atom is 0.309 e. The Balaban J connectivity index is 2.11. The van der Waals surface area contributed by atoms with E-state index in [0.717, 1.165) is 23.5 Å². The van der Waals surface area contributed by atoms with Gasteiger partial charge in [0.1, 0.15) is 11.6 Å². The number of carboxylic acid groups (broad SMARTS) is 1. The summed E-state index contributed by atoms with van der Waals surface area (Å²) >= 11 is 1.03. The minimum atomic E-state index is -1.04. The number of carbonyl (C=O) groups excluding carboxylic acids is 1. The standard InChI is InChI=1S/C12H8F2N2O3S/c13-7-1-6(2-8(14)3-7)11(19)16-12-15-9(5-20-12)4-10(17)18/h1-3,5H,4H2,(H,17,18)(H,15,16,19). The highest BCUT2D eigenvalue weighted by atomic mass is 32.1. The Morgan fingerprint density at radius 2 is 1.90 bits per heavy atom. The third kappa shape index (κ3) is 3.58. The minimum Gasteiger partial charge on any atom is -0.481 e. The lowest BCUT2D eigenvalue weighted by atomic mass is 10.2. The first-order chi connectivity index (χ1) is 9.44. The summed E-state index contributed by atoms with van der Waals surface area (Å²) in [7, 11) is 0. The number of aliphatic carboxylic acids is 1. The Bertz CT molecular complexity index is 652. The van der Waals surface area contributed by atoms with Gasteiger partial charge >= 0.3 is 5.97 Å². The largest absolute Gasteiger partial charge is 0.481 e. The van der Waals surface area contributed by atoms with Crippen molar-refractivity contribution >= 4 is 28.3 Å². The van der Waals surface area contributed by atoms with Crippen LogP contribution in [-0.2, 0) is 11.2 Å². The van der Waals surface area contributed by atoms with Gasteiger partial charge in [0.2, 0.25) is 0 Å². The number of aromatic nitrogens is 1. The normalized spacial score (nSPS) is 10.3. The summed E-state index contributed by atoms with van der Waals surface area (Å²) in [6.45, 7) is 0. The molecule has 104 valence electrons. The summed E-state index contributed by atoms with van der Waals surface area (Å²) in [5.74, 6) is -3.48. The van der Waals surface area contributed by atoms with Crippen LogP contribution in [-0.4, -0.2) is 22.0 Å². The Morgan fingerprint density at radius 3 is 2.50 bits per heavy atom. The van der Waals surface area contributed by atoms with Crippen LogP contribution in [0.4, 0.5) is 13.9 Å². The lowest BCUT2D eigenvalue weighted by molar-refractivity contribution is -0.136. The number of carboxylic acids is 1. The van der Waals surface area contributed by atoms with Crippen LogP contribution in [0, 0.1) is 11.6 Å². The third-order valence-corrected chi connectivity index (χ3v) is 3.04. The van der Waals surface area contributed by atoms with Crippen LogP contribution in [0.25, 0.3) is 0 Å². The first-order valence-electron chi connectivity index (χ1n) is 5.37. The highest BCUT2D eigenvalue weighted by Crippen LogP contribution is 2.17. The number of nitrogens with zero attached hydrogens (tertiary/aromatic N) is 1. The highest BCUT2D eigenvalue weighted by Gasteiger charge is 2.12. The van der Waals surface area contributed by atoms with E-state index >= 15 is 0 Å². The molecule has 0 saturated carbocycles. The van der Waals surface area contributed by atoms with Gasteiger partial charge in [0.25, 0.3) is 5.91 Å². The van der Waals surface area contributed by atoms with E-state index in [1.165, 1.54) is 5.38 Å². The Morgan fingerprint density at radius 1 is 1.25 bits per heavy atom. The SMILES string of the molecule is O=C(O)Cc1csc(NC(=O)c2cc(F)cc(F)c2)n1. The molecule has 2 N–H and O–H groups in total. The average Bonchev–Trinajstić information content (AvgIpc) is 2.74. The van der Waals surface area contributed by atoms with Crippen molar-refractivity contribution in [2.24, 2.45) is 0 Å². The molecule has 1 amide bonds. The van der Waals surface area contributed by atoms with E-state index < -0.39 is 23.5 Å². The second-order valence-corrected chi connectivity index (χ2v) is 4.68. The van der Waals surface area contributed by atoms with E-state index in [-0.39, 0.29) is 17.1 Å². The molecule has 0 saturated heterocycles. The van der Waals surface area contributed by atoms with Crippen LogP contribution >= 0.6 is 11.3 Å². The predicted octanol–water partition coefficient (Wildman–Crippen LogP) is 2.30. The second kappa shape index (κ2) is 5.74. The molecule has 2 rings (SSSR count). The fourth-order valence-corrected chi connectivity index (χ4v) is 2.16. The number of thiazole rings is 1. The average molecular weight is 298 g/mol. The number of hydrogen-bond acceptors (Lipinski definition) is 4. The zero-order valence-electron chi connectivity index (χ0n) is 9.89. The van der Waals surface area contributed by atoms with Gasteiger partial charge < -0.3 is 5.11 Å². The molecule has 0 aliphatic heterocycles. The molecule has 1 aromatic heterocycles. The van der Waals surface area contributed by atoms with Gasteiger partial charge in [0.05, 0.1) is 12.1 Å². The van der Waals surface area contributed by atoms with Gasteiger partial charge in [-0.3, -0.25) is 14.9 Å². The number of amides is 1. The number of anilines is 1. The molecule has 0 unspecified atom stereocenters. The molecule has 0 aliphatic carbocycles. The molecule has 1 heterocycles. The van der Waals surface area contributed by atoms with Crippen molar-refractivity contribution in [2.45, 2.75) is 6.42 Å². The lowest BCUT2D eigenvalue weighted by Crippen LogP contribution is -2.12. The summed E-state index contributed by atoms with van der Waals surface area (Å²) in [5, 5.41) is 12.6. The lowest BCUT2D eigenvalue weighted by Gasteiger charge is -2.02. The zero-order chi connectivity index (χ0) is 14.7. The van der Waals surface area contributed by atoms with Crippen LogP contribution < -0.4 is 5.32 Å². The van der Waals surface area contributed by atoms with Crippen molar-refractivity contribution < 1.29 is 23.5 Å². The molecule has 8 heteroatoms. The first kappa shape index (κ1) is 14.1. The zero-order valence-corrected chi connectivity index (χ0v) is 10.7. The molecule has 5 nitrogen and oxygen atoms in total. The van der Waals surface area contributed by atoms with Crippen LogP contribution in [0.1, 0.15) is 16.1 Å². The number of halogens is 2. The van der Waals surface area contributed by atoms with Crippen molar-refractivity contribution in [2.75, 3.05) is 5.32 Å². The van der Waals surface area contributed by atoms with Gasteiger partial charge in [0.15, 0.2) is 5.13 Å². The second-order valence-electron chi connectivity index (χ2n) is 3.83. The fourth-order valence-electron chi connectivity index (χ4n) is 1.45. The third-order valence-electron chi connectivity index (χ3n) is 2.23. The summed E-state index contributed by atoms with van der Waals surface area (Å²) < 4.78 is 26.0. The van der Waals surface area contributed by atoms with E-state index in [9.17, 15) is 18.4 Å². The van der Waals surface area contributed by atoms with Gasteiger partial charge in [0, 0.05) is 17.0 Å². The van der Waals surface area contributed by atoms with Crippen molar-refractivity contribution in [3.05, 3.63) is 46.5 Å². The van der Waals surface area contributed by atoms with Crippen molar-refractivity contribution in [1.82, 2.24) is 4.98 Å². The molecule has 20 heavy (non-hydrogen) atoms. The van der Waals surface area contributed by atoms with E-state index in [2.05, 4.69) is 10.3 Å². The summed E-state index contributed by atoms with van der Waals surface area (Å²) in [5.41, 5.74) is 0.112. The number of rotatable bonds is 4. The molecular weight excluding hydrogens is 290 g/mol. The van der Waals surface area contributed by atoms with Crippen molar-refractivity contribution in [3.63, 3.8) is 0 Å². The van der Waals surface area contributed by atoms with E-state index in [1.54, 1.807) is 0 Å². The van der Waals surface area contributed by atoms with E-state index in [0.29, 0.717) is 11.8 Å². The number of benzene rings is 1. The molecule has 1 aromatic carbocycles. The quantitative estimate of drug-likeness (QED) is 0.907. The number of hydrogen-bond donors (Lipinski definition) is 2. The smallest absolute Gasteiger partial charge is 0.309 e. The highest BCUT2D eigenvalue weighted by molar-refractivity contribution is 7.14. The van der Waals surface area contributed by atoms with Gasteiger partial charge in [-0.05, 0) is 12.1 Å². The molecule has 2 aromatic rings. The van der Waals surface area contributed by atoms with E-state index in [4.69, 9.17) is 5.11 Å². The molecule has 0 radical (unpaired) electrons. The van der Waals surface area contributed by atoms with Crippen molar-refractivity contribution in [1.29, 1.82) is 0 Å². The molecule has 0 spiro atoms. The van der Waals surface area contributed by atoms with Crippen LogP contribution in [0.3, 0.4) is 0 Å². The molecular formula is C12H8F2N2O3S. The fraction of sp³-hybridized carbons (Fsp3) is 0.0833. The summed E-state index contributed by atoms with van der Waals surface area (Å²) in [6.07, 6.45) is -0.263. The van der Waals surface area contributed by atoms with Crippen LogP contribution in [0.2, 0.25) is 0 Å². The van der Waals surface area contributed by atoms with Crippen LogP contribution in [0.5, 0.6) is 0 Å². The molecule has 0 atom stereocenters. The minimum absolute atomic E-state index is 0.163.